The molecule has 0 amide bonds. The normalized spacial score (nSPS) is 11.3. The maximum atomic E-state index is 13.4. The van der Waals surface area contributed by atoms with Gasteiger partial charge >= 0.3 is 12.1 Å². The van der Waals surface area contributed by atoms with E-state index >= 15 is 0 Å². The Balaban J connectivity index is 1.93. The molecule has 3 aromatic rings. The molecule has 3 rings (SSSR count). The van der Waals surface area contributed by atoms with Gasteiger partial charge in [0.2, 0.25) is 5.78 Å². The van der Waals surface area contributed by atoms with Crippen molar-refractivity contribution in [2.45, 2.75) is 6.18 Å². The molecule has 0 aliphatic heterocycles. The Hall–Kier alpha value is -3.62. The van der Waals surface area contributed by atoms with Crippen LogP contribution >= 0.6 is 0 Å². The number of nitrogens with zero attached hydrogens (tertiary/aromatic N) is 2. The van der Waals surface area contributed by atoms with Crippen LogP contribution in [-0.4, -0.2) is 26.8 Å². The second-order valence-corrected chi connectivity index (χ2v) is 5.69. The third-order valence-corrected chi connectivity index (χ3v) is 3.84. The summed E-state index contributed by atoms with van der Waals surface area (Å²) < 4.78 is 52.7. The molecule has 2 heterocycles. The van der Waals surface area contributed by atoms with Crippen molar-refractivity contribution in [3.05, 3.63) is 83.2 Å². The van der Waals surface area contributed by atoms with E-state index in [1.807, 2.05) is 0 Å². The molecule has 0 saturated heterocycles. The summed E-state index contributed by atoms with van der Waals surface area (Å²) >= 11 is 0. The van der Waals surface area contributed by atoms with Crippen LogP contribution in [0.3, 0.4) is 0 Å². The first-order chi connectivity index (χ1) is 13.2. The number of aromatic nitrogens is 2. The number of carbonyl (C=O) groups excluding carboxylic acids is 1. The van der Waals surface area contributed by atoms with E-state index in [1.54, 1.807) is 0 Å². The lowest BCUT2D eigenvalue weighted by Crippen LogP contribution is -2.15. The van der Waals surface area contributed by atoms with Gasteiger partial charge in [-0.25, -0.2) is 14.2 Å². The number of alkyl halides is 3. The van der Waals surface area contributed by atoms with Crippen LogP contribution in [0, 0.1) is 5.82 Å². The van der Waals surface area contributed by atoms with Crippen LogP contribution in [0.4, 0.5) is 17.6 Å². The van der Waals surface area contributed by atoms with E-state index in [0.717, 1.165) is 0 Å². The lowest BCUT2D eigenvalue weighted by atomic mass is 10.00. The molecule has 0 saturated carbocycles. The SMILES string of the molecule is O=C(O)c1ccc(-c2ccc(C(=O)c3cc(F)ccc3C(F)(F)F)nc2)cn1. The van der Waals surface area contributed by atoms with E-state index < -0.39 is 34.9 Å². The zero-order valence-electron chi connectivity index (χ0n) is 13.9. The second kappa shape index (κ2) is 7.18. The number of hydrogen-bond acceptors (Lipinski definition) is 4. The lowest BCUT2D eigenvalue weighted by Gasteiger charge is -2.12. The van der Waals surface area contributed by atoms with Crippen molar-refractivity contribution in [1.82, 2.24) is 9.97 Å². The van der Waals surface area contributed by atoms with Crippen molar-refractivity contribution in [1.29, 1.82) is 0 Å². The zero-order valence-corrected chi connectivity index (χ0v) is 13.9. The maximum Gasteiger partial charge on any atom is 0.417 e. The quantitative estimate of drug-likeness (QED) is 0.533. The van der Waals surface area contributed by atoms with Gasteiger partial charge in [0, 0.05) is 29.1 Å². The first-order valence-corrected chi connectivity index (χ1v) is 7.74. The molecule has 0 bridgehead atoms. The summed E-state index contributed by atoms with van der Waals surface area (Å²) in [5.41, 5.74) is -1.57. The van der Waals surface area contributed by atoms with Crippen LogP contribution < -0.4 is 0 Å². The third-order valence-electron chi connectivity index (χ3n) is 3.84. The highest BCUT2D eigenvalue weighted by atomic mass is 19.4. The minimum Gasteiger partial charge on any atom is -0.477 e. The molecular weight excluding hydrogens is 380 g/mol. The molecule has 2 aromatic heterocycles. The van der Waals surface area contributed by atoms with Crippen molar-refractivity contribution in [3.63, 3.8) is 0 Å². The second-order valence-electron chi connectivity index (χ2n) is 5.69. The number of carboxylic acid groups (broad SMARTS) is 1. The Labute approximate surface area is 155 Å². The Morgan fingerprint density at radius 2 is 1.43 bits per heavy atom. The van der Waals surface area contributed by atoms with Crippen LogP contribution in [0.15, 0.2) is 54.9 Å². The van der Waals surface area contributed by atoms with Gasteiger partial charge in [0.05, 0.1) is 5.56 Å². The van der Waals surface area contributed by atoms with Gasteiger partial charge < -0.3 is 5.11 Å². The van der Waals surface area contributed by atoms with Gasteiger partial charge in [-0.15, -0.1) is 0 Å². The number of ketones is 1. The molecule has 0 aliphatic carbocycles. The van der Waals surface area contributed by atoms with Crippen LogP contribution in [0.5, 0.6) is 0 Å². The minimum atomic E-state index is -4.82. The van der Waals surface area contributed by atoms with Crippen LogP contribution in [0.2, 0.25) is 0 Å². The van der Waals surface area contributed by atoms with Crippen LogP contribution in [0.25, 0.3) is 11.1 Å². The Morgan fingerprint density at radius 1 is 0.857 bits per heavy atom. The molecule has 1 N–H and O–H groups in total. The number of carbonyl (C=O) groups is 2. The molecular formula is C19H10F4N2O3. The molecule has 0 atom stereocenters. The molecule has 0 fully saturated rings. The minimum absolute atomic E-state index is 0.158. The molecule has 0 spiro atoms. The predicted octanol–water partition coefficient (Wildman–Crippen LogP) is 4.23. The highest BCUT2D eigenvalue weighted by Crippen LogP contribution is 2.33. The number of pyridine rings is 2. The van der Waals surface area contributed by atoms with Crippen molar-refractivity contribution in [3.8, 4) is 11.1 Å². The van der Waals surface area contributed by atoms with Gasteiger partial charge in [0.25, 0.3) is 0 Å². The molecule has 0 unspecified atom stereocenters. The Bertz CT molecular complexity index is 1050. The molecule has 0 radical (unpaired) electrons. The monoisotopic (exact) mass is 390 g/mol. The first kappa shape index (κ1) is 19.2. The maximum absolute atomic E-state index is 13.4. The summed E-state index contributed by atoms with van der Waals surface area (Å²) in [5.74, 6) is -3.24. The summed E-state index contributed by atoms with van der Waals surface area (Å²) in [7, 11) is 0. The largest absolute Gasteiger partial charge is 0.477 e. The predicted molar refractivity (Wildman–Crippen MR) is 89.3 cm³/mol. The fourth-order valence-corrected chi connectivity index (χ4v) is 2.48. The molecule has 9 heteroatoms. The molecule has 142 valence electrons. The summed E-state index contributed by atoms with van der Waals surface area (Å²) in [4.78, 5) is 30.8. The standard InChI is InChI=1S/C19H10F4N2O3/c20-12-3-4-14(19(21,22)23)13(7-12)17(26)15-5-1-10(8-24-15)11-2-6-16(18(27)28)25-9-11/h1-9H,(H,27,28). The van der Waals surface area contributed by atoms with Crippen LogP contribution in [-0.2, 0) is 6.18 Å². The molecule has 5 nitrogen and oxygen atoms in total. The third kappa shape index (κ3) is 3.88. The highest BCUT2D eigenvalue weighted by Gasteiger charge is 2.35. The lowest BCUT2D eigenvalue weighted by molar-refractivity contribution is -0.137. The number of benzene rings is 1. The van der Waals surface area contributed by atoms with Crippen molar-refractivity contribution in [2.24, 2.45) is 0 Å². The molecule has 0 aliphatic rings. The van der Waals surface area contributed by atoms with E-state index in [4.69, 9.17) is 5.11 Å². The average molecular weight is 390 g/mol. The fraction of sp³-hybridized carbons (Fsp3) is 0.0526. The first-order valence-electron chi connectivity index (χ1n) is 7.74. The van der Waals surface area contributed by atoms with E-state index in [1.165, 1.54) is 36.7 Å². The van der Waals surface area contributed by atoms with Crippen LogP contribution in [0.1, 0.15) is 32.1 Å². The van der Waals surface area contributed by atoms with E-state index in [2.05, 4.69) is 9.97 Å². The summed E-state index contributed by atoms with van der Waals surface area (Å²) in [6.45, 7) is 0. The average Bonchev–Trinajstić information content (AvgIpc) is 2.66. The number of rotatable bonds is 4. The van der Waals surface area contributed by atoms with Gasteiger partial charge in [0.1, 0.15) is 17.2 Å². The van der Waals surface area contributed by atoms with E-state index in [9.17, 15) is 27.2 Å². The Kier molecular flexibility index (Phi) is 4.91. The van der Waals surface area contributed by atoms with Crippen molar-refractivity contribution in [2.75, 3.05) is 0 Å². The zero-order chi connectivity index (χ0) is 20.5. The number of hydrogen-bond donors (Lipinski definition) is 1. The smallest absolute Gasteiger partial charge is 0.417 e. The molecule has 28 heavy (non-hydrogen) atoms. The topological polar surface area (TPSA) is 80.1 Å². The van der Waals surface area contributed by atoms with Gasteiger partial charge in [0.15, 0.2) is 0 Å². The van der Waals surface area contributed by atoms with E-state index in [0.29, 0.717) is 29.3 Å². The fourth-order valence-electron chi connectivity index (χ4n) is 2.48. The number of carboxylic acids is 1. The molecule has 1 aromatic carbocycles. The van der Waals surface area contributed by atoms with E-state index in [-0.39, 0.29) is 11.4 Å². The van der Waals surface area contributed by atoms with Gasteiger partial charge in [-0.3, -0.25) is 9.78 Å². The van der Waals surface area contributed by atoms with Gasteiger partial charge in [-0.1, -0.05) is 12.1 Å². The van der Waals surface area contributed by atoms with Crippen molar-refractivity contribution >= 4 is 11.8 Å². The summed E-state index contributed by atoms with van der Waals surface area (Å²) in [6.07, 6.45) is -2.30. The summed E-state index contributed by atoms with van der Waals surface area (Å²) in [5, 5.41) is 8.83. The van der Waals surface area contributed by atoms with Gasteiger partial charge in [-0.2, -0.15) is 13.2 Å². The highest BCUT2D eigenvalue weighted by molar-refractivity contribution is 6.08. The summed E-state index contributed by atoms with van der Waals surface area (Å²) in [6, 6.07) is 7.03. The Morgan fingerprint density at radius 3 is 1.89 bits per heavy atom. The number of aromatic carboxylic acids is 1. The van der Waals surface area contributed by atoms with Gasteiger partial charge in [-0.05, 0) is 30.3 Å². The van der Waals surface area contributed by atoms with Crippen molar-refractivity contribution < 1.29 is 32.3 Å². The number of halogens is 4.